The predicted molar refractivity (Wildman–Crippen MR) is 103 cm³/mol. The highest BCUT2D eigenvalue weighted by Gasteiger charge is 2.18. The monoisotopic (exact) mass is 386 g/mol. The highest BCUT2D eigenvalue weighted by atomic mass is 35.5. The third-order valence-corrected chi connectivity index (χ3v) is 4.58. The fraction of sp³-hybridized carbons (Fsp3) is 0.211. The van der Waals surface area contributed by atoms with Gasteiger partial charge < -0.3 is 15.0 Å². The Labute approximate surface area is 160 Å². The molecule has 0 bridgehead atoms. The van der Waals surface area contributed by atoms with Gasteiger partial charge in [0.1, 0.15) is 10.8 Å². The van der Waals surface area contributed by atoms with Crippen molar-refractivity contribution in [2.45, 2.75) is 19.9 Å². The summed E-state index contributed by atoms with van der Waals surface area (Å²) in [7, 11) is 1.62. The molecule has 140 valence electrons. The van der Waals surface area contributed by atoms with E-state index >= 15 is 0 Å². The van der Waals surface area contributed by atoms with Gasteiger partial charge in [0.2, 0.25) is 0 Å². The Morgan fingerprint density at radius 3 is 2.67 bits per heavy atom. The number of halogens is 1. The molecule has 2 heterocycles. The summed E-state index contributed by atoms with van der Waals surface area (Å²) in [5, 5.41) is 7.29. The number of carbonyl (C=O) groups is 1. The molecule has 0 aliphatic heterocycles. The van der Waals surface area contributed by atoms with E-state index in [4.69, 9.17) is 16.3 Å². The molecule has 0 radical (unpaired) electrons. The lowest BCUT2D eigenvalue weighted by Crippen LogP contribution is -2.27. The predicted octanol–water partition coefficient (Wildman–Crippen LogP) is 3.02. The van der Waals surface area contributed by atoms with Crippen molar-refractivity contribution in [1.29, 1.82) is 0 Å². The molecule has 1 amide bonds. The number of H-pyrrole nitrogens is 1. The number of ether oxygens (including phenoxy) is 1. The van der Waals surface area contributed by atoms with Crippen LogP contribution in [0.1, 0.15) is 34.6 Å². The molecule has 1 aromatic carbocycles. The number of amides is 1. The minimum atomic E-state index is -0.433. The van der Waals surface area contributed by atoms with E-state index < -0.39 is 5.56 Å². The minimum Gasteiger partial charge on any atom is -0.497 e. The molecule has 1 atom stereocenters. The largest absolute Gasteiger partial charge is 0.497 e. The topological polar surface area (TPSA) is 89.0 Å². The summed E-state index contributed by atoms with van der Waals surface area (Å²) in [5.41, 5.74) is 2.54. The molecule has 1 unspecified atom stereocenters. The van der Waals surface area contributed by atoms with Gasteiger partial charge in [-0.05, 0) is 44.2 Å². The normalized spacial score (nSPS) is 11.9. The van der Waals surface area contributed by atoms with Crippen molar-refractivity contribution in [3.05, 3.63) is 74.9 Å². The van der Waals surface area contributed by atoms with E-state index in [1.165, 1.54) is 12.3 Å². The van der Waals surface area contributed by atoms with Gasteiger partial charge in [-0.2, -0.15) is 5.10 Å². The van der Waals surface area contributed by atoms with Crippen molar-refractivity contribution in [3.8, 4) is 11.4 Å². The quantitative estimate of drug-likeness (QED) is 0.705. The van der Waals surface area contributed by atoms with Crippen LogP contribution in [0, 0.1) is 6.92 Å². The van der Waals surface area contributed by atoms with Gasteiger partial charge in [-0.3, -0.25) is 9.59 Å². The standard InChI is InChI=1S/C19H19ClN4O3/c1-11(23-18(25)13-8-17(20)19(26)21-9-13)16-10-22-24(12(16)2)14-4-6-15(27-3)7-5-14/h4-11H,1-3H3,(H,21,26)(H,23,25). The highest BCUT2D eigenvalue weighted by molar-refractivity contribution is 6.30. The summed E-state index contributed by atoms with van der Waals surface area (Å²) in [6.07, 6.45) is 3.06. The fourth-order valence-electron chi connectivity index (χ4n) is 2.78. The summed E-state index contributed by atoms with van der Waals surface area (Å²) in [4.78, 5) is 26.2. The zero-order valence-electron chi connectivity index (χ0n) is 15.1. The van der Waals surface area contributed by atoms with Gasteiger partial charge in [0.05, 0.1) is 30.6 Å². The second kappa shape index (κ2) is 7.67. The first kappa shape index (κ1) is 18.7. The molecule has 7 nitrogen and oxygen atoms in total. The van der Waals surface area contributed by atoms with E-state index in [9.17, 15) is 9.59 Å². The fourth-order valence-corrected chi connectivity index (χ4v) is 2.95. The number of aromatic nitrogens is 3. The Hall–Kier alpha value is -3.06. The molecule has 8 heteroatoms. The van der Waals surface area contributed by atoms with Crippen LogP contribution in [0.15, 0.2) is 47.5 Å². The first-order valence-corrected chi connectivity index (χ1v) is 8.66. The number of carbonyl (C=O) groups excluding carboxylic acids is 1. The molecule has 2 aromatic heterocycles. The third kappa shape index (κ3) is 3.88. The lowest BCUT2D eigenvalue weighted by atomic mass is 10.1. The van der Waals surface area contributed by atoms with Crippen molar-refractivity contribution in [3.63, 3.8) is 0 Å². The molecule has 0 aliphatic carbocycles. The first-order chi connectivity index (χ1) is 12.9. The number of aromatic amines is 1. The van der Waals surface area contributed by atoms with Gasteiger partial charge >= 0.3 is 0 Å². The number of pyridine rings is 1. The van der Waals surface area contributed by atoms with Gasteiger partial charge in [0, 0.05) is 17.5 Å². The van der Waals surface area contributed by atoms with Crippen molar-refractivity contribution < 1.29 is 9.53 Å². The minimum absolute atomic E-state index is 0.0289. The van der Waals surface area contributed by atoms with Gasteiger partial charge in [-0.1, -0.05) is 11.6 Å². The maximum absolute atomic E-state index is 12.4. The Kier molecular flexibility index (Phi) is 5.32. The Bertz CT molecular complexity index is 1020. The zero-order chi connectivity index (χ0) is 19.6. The molecule has 0 spiro atoms. The SMILES string of the molecule is COc1ccc(-n2ncc(C(C)NC(=O)c3c[nH]c(=O)c(Cl)c3)c2C)cc1. The molecular weight excluding hydrogens is 368 g/mol. The number of benzene rings is 1. The molecule has 0 aliphatic rings. The van der Waals surface area contributed by atoms with Gasteiger partial charge in [0.25, 0.3) is 11.5 Å². The van der Waals surface area contributed by atoms with E-state index in [1.807, 2.05) is 38.1 Å². The van der Waals surface area contributed by atoms with Crippen LogP contribution in [0.2, 0.25) is 5.02 Å². The Balaban J connectivity index is 1.79. The van der Waals surface area contributed by atoms with Crippen LogP contribution < -0.4 is 15.6 Å². The molecule has 3 rings (SSSR count). The summed E-state index contributed by atoms with van der Waals surface area (Å²) in [5.74, 6) is 0.432. The molecule has 27 heavy (non-hydrogen) atoms. The Morgan fingerprint density at radius 1 is 1.33 bits per heavy atom. The van der Waals surface area contributed by atoms with Crippen molar-refractivity contribution in [2.75, 3.05) is 7.11 Å². The van der Waals surface area contributed by atoms with Crippen LogP contribution in [0.5, 0.6) is 5.75 Å². The number of nitrogens with zero attached hydrogens (tertiary/aromatic N) is 2. The lowest BCUT2D eigenvalue weighted by molar-refractivity contribution is 0.0939. The second-order valence-corrected chi connectivity index (χ2v) is 6.46. The van der Waals surface area contributed by atoms with Crippen molar-refractivity contribution in [2.24, 2.45) is 0 Å². The van der Waals surface area contributed by atoms with E-state index in [-0.39, 0.29) is 22.5 Å². The van der Waals surface area contributed by atoms with Crippen LogP contribution in [0.25, 0.3) is 5.69 Å². The van der Waals surface area contributed by atoms with Crippen LogP contribution in [0.3, 0.4) is 0 Å². The average molecular weight is 387 g/mol. The number of hydrogen-bond donors (Lipinski definition) is 2. The van der Waals surface area contributed by atoms with E-state index in [0.717, 1.165) is 22.7 Å². The van der Waals surface area contributed by atoms with Crippen molar-refractivity contribution in [1.82, 2.24) is 20.1 Å². The van der Waals surface area contributed by atoms with Gasteiger partial charge in [0.15, 0.2) is 0 Å². The molecule has 0 saturated carbocycles. The van der Waals surface area contributed by atoms with Gasteiger partial charge in [-0.15, -0.1) is 0 Å². The van der Waals surface area contributed by atoms with Crippen LogP contribution in [-0.2, 0) is 0 Å². The first-order valence-electron chi connectivity index (χ1n) is 8.28. The maximum Gasteiger partial charge on any atom is 0.266 e. The van der Waals surface area contributed by atoms with E-state index in [1.54, 1.807) is 18.0 Å². The molecular formula is C19H19ClN4O3. The Morgan fingerprint density at radius 2 is 2.04 bits per heavy atom. The lowest BCUT2D eigenvalue weighted by Gasteiger charge is -2.14. The summed E-state index contributed by atoms with van der Waals surface area (Å²) in [6.45, 7) is 3.81. The second-order valence-electron chi connectivity index (χ2n) is 6.06. The summed E-state index contributed by atoms with van der Waals surface area (Å²) >= 11 is 5.78. The maximum atomic E-state index is 12.4. The van der Waals surface area contributed by atoms with Crippen LogP contribution in [0.4, 0.5) is 0 Å². The van der Waals surface area contributed by atoms with Gasteiger partial charge in [-0.25, -0.2) is 4.68 Å². The molecule has 0 fully saturated rings. The zero-order valence-corrected chi connectivity index (χ0v) is 15.9. The van der Waals surface area contributed by atoms with E-state index in [0.29, 0.717) is 0 Å². The van der Waals surface area contributed by atoms with Crippen LogP contribution >= 0.6 is 11.6 Å². The number of methoxy groups -OCH3 is 1. The number of hydrogen-bond acceptors (Lipinski definition) is 4. The summed E-state index contributed by atoms with van der Waals surface area (Å²) < 4.78 is 6.97. The molecule has 0 saturated heterocycles. The average Bonchev–Trinajstić information content (AvgIpc) is 3.05. The molecule has 2 N–H and O–H groups in total. The van der Waals surface area contributed by atoms with Crippen LogP contribution in [-0.4, -0.2) is 27.8 Å². The highest BCUT2D eigenvalue weighted by Crippen LogP contribution is 2.22. The van der Waals surface area contributed by atoms with E-state index in [2.05, 4.69) is 15.4 Å². The molecule has 3 aromatic rings. The smallest absolute Gasteiger partial charge is 0.266 e. The third-order valence-electron chi connectivity index (χ3n) is 4.30. The number of nitrogens with one attached hydrogen (secondary N) is 2. The summed E-state index contributed by atoms with van der Waals surface area (Å²) in [6, 6.07) is 8.61. The number of rotatable bonds is 5. The van der Waals surface area contributed by atoms with Crippen molar-refractivity contribution >= 4 is 17.5 Å².